The zero-order valence-electron chi connectivity index (χ0n) is 14.7. The number of H-pyrrole nitrogens is 1. The Morgan fingerprint density at radius 2 is 2.12 bits per heavy atom. The molecule has 1 saturated heterocycles. The third-order valence-corrected chi connectivity index (χ3v) is 6.24. The molecule has 1 amide bonds. The predicted octanol–water partition coefficient (Wildman–Crippen LogP) is 3.09. The number of thiophene rings is 1. The van der Waals surface area contributed by atoms with Gasteiger partial charge in [0.15, 0.2) is 0 Å². The molecule has 2 N–H and O–H groups in total. The highest BCUT2D eigenvalue weighted by Crippen LogP contribution is 2.32. The van der Waals surface area contributed by atoms with Gasteiger partial charge in [0.2, 0.25) is 11.9 Å². The molecule has 138 valence electrons. The fraction of sp³-hybridized carbons (Fsp3) is 0.526. The molecule has 0 radical (unpaired) electrons. The van der Waals surface area contributed by atoms with Crippen LogP contribution in [0.1, 0.15) is 55.0 Å². The number of hydrogen-bond donors (Lipinski definition) is 2. The van der Waals surface area contributed by atoms with E-state index in [1.807, 2.05) is 22.4 Å². The number of hydrogen-bond acceptors (Lipinski definition) is 5. The lowest BCUT2D eigenvalue weighted by Crippen LogP contribution is -2.37. The average Bonchev–Trinajstić information content (AvgIpc) is 3.30. The summed E-state index contributed by atoms with van der Waals surface area (Å²) in [5.41, 5.74) is 0.543. The second-order valence-electron chi connectivity index (χ2n) is 7.19. The summed E-state index contributed by atoms with van der Waals surface area (Å²) in [6, 6.07) is 5.95. The van der Waals surface area contributed by atoms with Gasteiger partial charge in [-0.1, -0.05) is 25.3 Å². The Morgan fingerprint density at radius 1 is 1.27 bits per heavy atom. The van der Waals surface area contributed by atoms with E-state index in [1.165, 1.54) is 24.1 Å². The van der Waals surface area contributed by atoms with Gasteiger partial charge >= 0.3 is 0 Å². The van der Waals surface area contributed by atoms with Crippen LogP contribution in [0.25, 0.3) is 0 Å². The van der Waals surface area contributed by atoms with Gasteiger partial charge in [-0.15, -0.1) is 11.3 Å². The molecule has 3 heterocycles. The first kappa shape index (κ1) is 17.3. The minimum atomic E-state index is -0.174. The molecule has 26 heavy (non-hydrogen) atoms. The summed E-state index contributed by atoms with van der Waals surface area (Å²) in [6.07, 6.45) is 6.36. The van der Waals surface area contributed by atoms with E-state index < -0.39 is 0 Å². The van der Waals surface area contributed by atoms with Crippen molar-refractivity contribution in [2.75, 3.05) is 11.9 Å². The van der Waals surface area contributed by atoms with Gasteiger partial charge in [-0.05, 0) is 24.3 Å². The van der Waals surface area contributed by atoms with Crippen LogP contribution in [-0.2, 0) is 11.3 Å². The summed E-state index contributed by atoms with van der Waals surface area (Å²) >= 11 is 1.66. The monoisotopic (exact) mass is 372 g/mol. The first-order chi connectivity index (χ1) is 12.7. The van der Waals surface area contributed by atoms with E-state index in [2.05, 4.69) is 15.3 Å². The van der Waals surface area contributed by atoms with Gasteiger partial charge in [0, 0.05) is 35.9 Å². The zero-order valence-corrected chi connectivity index (χ0v) is 15.6. The van der Waals surface area contributed by atoms with Crippen molar-refractivity contribution in [2.45, 2.75) is 57.0 Å². The maximum absolute atomic E-state index is 12.5. The molecule has 1 atom stereocenters. The van der Waals surface area contributed by atoms with Crippen molar-refractivity contribution in [3.8, 4) is 0 Å². The number of nitrogens with one attached hydrogen (secondary N) is 2. The molecule has 0 unspecified atom stereocenters. The van der Waals surface area contributed by atoms with E-state index >= 15 is 0 Å². The number of carbonyl (C=O) groups excluding carboxylic acids is 1. The van der Waals surface area contributed by atoms with Crippen molar-refractivity contribution < 1.29 is 4.79 Å². The molecule has 0 aromatic carbocycles. The quantitative estimate of drug-likeness (QED) is 0.845. The van der Waals surface area contributed by atoms with Crippen LogP contribution in [0.4, 0.5) is 5.95 Å². The van der Waals surface area contributed by atoms with Crippen molar-refractivity contribution in [3.05, 3.63) is 44.5 Å². The lowest BCUT2D eigenvalue weighted by molar-refractivity contribution is -0.130. The third-order valence-electron chi connectivity index (χ3n) is 5.36. The Bertz CT molecular complexity index is 811. The maximum atomic E-state index is 12.5. The van der Waals surface area contributed by atoms with Gasteiger partial charge in [0.1, 0.15) is 0 Å². The van der Waals surface area contributed by atoms with Gasteiger partial charge in [0.05, 0.1) is 12.2 Å². The number of rotatable bonds is 5. The smallest absolute Gasteiger partial charge is 0.252 e. The molecule has 2 aliphatic rings. The van der Waals surface area contributed by atoms with Gasteiger partial charge in [0.25, 0.3) is 5.56 Å². The molecule has 2 aromatic heterocycles. The van der Waals surface area contributed by atoms with Crippen molar-refractivity contribution in [3.63, 3.8) is 0 Å². The minimum absolute atomic E-state index is 0.00835. The van der Waals surface area contributed by atoms with Crippen molar-refractivity contribution in [2.24, 2.45) is 0 Å². The van der Waals surface area contributed by atoms with Gasteiger partial charge in [-0.2, -0.15) is 0 Å². The molecular weight excluding hydrogens is 348 g/mol. The number of aromatic amines is 1. The summed E-state index contributed by atoms with van der Waals surface area (Å²) in [6.45, 7) is 1.31. The normalized spacial score (nSPS) is 21.3. The molecule has 2 fully saturated rings. The number of aromatic nitrogens is 2. The Balaban J connectivity index is 1.47. The van der Waals surface area contributed by atoms with E-state index in [-0.39, 0.29) is 17.4 Å². The molecular formula is C19H24N4O2S. The highest BCUT2D eigenvalue weighted by molar-refractivity contribution is 7.09. The maximum Gasteiger partial charge on any atom is 0.252 e. The Kier molecular flexibility index (Phi) is 5.06. The van der Waals surface area contributed by atoms with Crippen molar-refractivity contribution in [1.82, 2.24) is 14.9 Å². The molecule has 4 rings (SSSR count). The van der Waals surface area contributed by atoms with E-state index in [0.29, 0.717) is 37.2 Å². The topological polar surface area (TPSA) is 78.1 Å². The molecule has 1 aliphatic carbocycles. The summed E-state index contributed by atoms with van der Waals surface area (Å²) in [4.78, 5) is 35.1. The van der Waals surface area contributed by atoms with Crippen molar-refractivity contribution >= 4 is 23.2 Å². The Morgan fingerprint density at radius 3 is 2.88 bits per heavy atom. The molecule has 0 bridgehead atoms. The van der Waals surface area contributed by atoms with Crippen molar-refractivity contribution in [1.29, 1.82) is 0 Å². The number of nitrogens with zero attached hydrogens (tertiary/aromatic N) is 2. The molecule has 2 aromatic rings. The highest BCUT2D eigenvalue weighted by Gasteiger charge is 2.36. The van der Waals surface area contributed by atoms with Crippen LogP contribution in [-0.4, -0.2) is 33.4 Å². The lowest BCUT2D eigenvalue weighted by Gasteiger charge is -2.31. The van der Waals surface area contributed by atoms with Crippen LogP contribution >= 0.6 is 11.3 Å². The molecule has 7 heteroatoms. The van der Waals surface area contributed by atoms with E-state index in [1.54, 1.807) is 17.4 Å². The largest absolute Gasteiger partial charge is 0.351 e. The predicted molar refractivity (Wildman–Crippen MR) is 102 cm³/mol. The minimum Gasteiger partial charge on any atom is -0.351 e. The second kappa shape index (κ2) is 7.61. The molecule has 1 saturated carbocycles. The van der Waals surface area contributed by atoms with Gasteiger partial charge in [-0.3, -0.25) is 14.6 Å². The summed E-state index contributed by atoms with van der Waals surface area (Å²) < 4.78 is 0. The van der Waals surface area contributed by atoms with E-state index in [0.717, 1.165) is 12.8 Å². The number of amides is 1. The third kappa shape index (κ3) is 3.82. The summed E-state index contributed by atoms with van der Waals surface area (Å²) in [7, 11) is 0. The van der Waals surface area contributed by atoms with Crippen LogP contribution in [0.2, 0.25) is 0 Å². The fourth-order valence-electron chi connectivity index (χ4n) is 4.03. The summed E-state index contributed by atoms with van der Waals surface area (Å²) in [5.74, 6) is 0.690. The van der Waals surface area contributed by atoms with Crippen LogP contribution < -0.4 is 10.9 Å². The average molecular weight is 372 g/mol. The summed E-state index contributed by atoms with van der Waals surface area (Å²) in [5, 5.41) is 5.20. The van der Waals surface area contributed by atoms with Crippen LogP contribution in [0.5, 0.6) is 0 Å². The number of anilines is 1. The number of carbonyl (C=O) groups is 1. The van der Waals surface area contributed by atoms with Crippen LogP contribution in [0, 0.1) is 0 Å². The first-order valence-corrected chi connectivity index (χ1v) is 10.2. The SMILES string of the molecule is O=C1C[C@H](c2cc(=O)[nH]c(NCc3cccs3)n2)CN1C1CCCCC1. The molecule has 6 nitrogen and oxygen atoms in total. The molecule has 1 aliphatic heterocycles. The Labute approximate surface area is 156 Å². The zero-order chi connectivity index (χ0) is 17.9. The van der Waals surface area contributed by atoms with Crippen LogP contribution in [0.3, 0.4) is 0 Å². The first-order valence-electron chi connectivity index (χ1n) is 9.36. The van der Waals surface area contributed by atoms with Gasteiger partial charge in [-0.25, -0.2) is 4.98 Å². The standard InChI is InChI=1S/C19H24N4O2S/c24-17-10-16(21-19(22-17)20-11-15-7-4-8-26-15)13-9-18(25)23(12-13)14-5-2-1-3-6-14/h4,7-8,10,13-14H,1-3,5-6,9,11-12H2,(H2,20,21,22,24)/t13-/m0/s1. The second-order valence-corrected chi connectivity index (χ2v) is 8.22. The van der Waals surface area contributed by atoms with Crippen LogP contribution in [0.15, 0.2) is 28.4 Å². The fourth-order valence-corrected chi connectivity index (χ4v) is 4.67. The van der Waals surface area contributed by atoms with E-state index in [4.69, 9.17) is 0 Å². The highest BCUT2D eigenvalue weighted by atomic mass is 32.1. The lowest BCUT2D eigenvalue weighted by atomic mass is 9.94. The Hall–Kier alpha value is -2.15. The molecule has 0 spiro atoms. The van der Waals surface area contributed by atoms with E-state index in [9.17, 15) is 9.59 Å². The number of likely N-dealkylation sites (tertiary alicyclic amines) is 1. The van der Waals surface area contributed by atoms with Gasteiger partial charge < -0.3 is 10.2 Å².